The summed E-state index contributed by atoms with van der Waals surface area (Å²) < 4.78 is 11.5. The highest BCUT2D eigenvalue weighted by Gasteiger charge is 2.40. The summed E-state index contributed by atoms with van der Waals surface area (Å²) in [6.45, 7) is 12.9. The predicted molar refractivity (Wildman–Crippen MR) is 73.9 cm³/mol. The van der Waals surface area contributed by atoms with Gasteiger partial charge in [0, 0.05) is 20.9 Å². The summed E-state index contributed by atoms with van der Waals surface area (Å²) >= 11 is 0. The molecule has 2 rings (SSSR count). The zero-order valence-electron chi connectivity index (χ0n) is 11.3. The van der Waals surface area contributed by atoms with Gasteiger partial charge < -0.3 is 9.47 Å². The Morgan fingerprint density at radius 2 is 1.94 bits per heavy atom. The van der Waals surface area contributed by atoms with Crippen LogP contribution in [0.5, 0.6) is 0 Å². The van der Waals surface area contributed by atoms with Gasteiger partial charge in [0.15, 0.2) is 5.79 Å². The molecule has 2 nitrogen and oxygen atoms in total. The van der Waals surface area contributed by atoms with Crippen molar-refractivity contribution in [2.45, 2.75) is 50.7 Å². The summed E-state index contributed by atoms with van der Waals surface area (Å²) in [4.78, 5) is 0. The van der Waals surface area contributed by atoms with Crippen molar-refractivity contribution in [2.24, 2.45) is 0 Å². The average Bonchev–Trinajstić information content (AvgIpc) is 2.64. The molecule has 0 aromatic heterocycles. The van der Waals surface area contributed by atoms with E-state index in [0.717, 1.165) is 32.5 Å². The molecule has 0 amide bonds. The predicted octanol–water partition coefficient (Wildman–Crippen LogP) is 3.73. The molecule has 1 spiro atoms. The van der Waals surface area contributed by atoms with Gasteiger partial charge in [-0.15, -0.1) is 0 Å². The lowest BCUT2D eigenvalue weighted by Crippen LogP contribution is -2.34. The molecule has 1 saturated heterocycles. The Morgan fingerprint density at radius 3 is 2.47 bits per heavy atom. The maximum absolute atomic E-state index is 5.74. The van der Waals surface area contributed by atoms with E-state index in [9.17, 15) is 0 Å². The standard InChI is InChI=1S/C14H24O2Si/c1-12-11-14(15-8-9-16-14)7-5-13(12)6-10-17(2,3)4/h6H,1,5,7-11H2,2-4H3/b13-6-. The molecule has 2 aliphatic rings. The quantitative estimate of drug-likeness (QED) is 0.697. The minimum absolute atomic E-state index is 0.326. The fraction of sp³-hybridized carbons (Fsp3) is 0.714. The second-order valence-electron chi connectivity index (χ2n) is 6.38. The van der Waals surface area contributed by atoms with Crippen LogP contribution >= 0.6 is 0 Å². The van der Waals surface area contributed by atoms with Crippen LogP contribution < -0.4 is 0 Å². The highest BCUT2D eigenvalue weighted by atomic mass is 28.3. The molecular weight excluding hydrogens is 228 g/mol. The molecule has 0 atom stereocenters. The van der Waals surface area contributed by atoms with Gasteiger partial charge in [-0.1, -0.05) is 32.3 Å². The third-order valence-corrected chi connectivity index (χ3v) is 4.92. The Morgan fingerprint density at radius 1 is 1.29 bits per heavy atom. The number of rotatable bonds is 2. The van der Waals surface area contributed by atoms with Crippen molar-refractivity contribution in [1.29, 1.82) is 0 Å². The Hall–Kier alpha value is -0.383. The first-order chi connectivity index (χ1) is 7.90. The van der Waals surface area contributed by atoms with Crippen LogP contribution in [0.1, 0.15) is 19.3 Å². The Labute approximate surface area is 106 Å². The van der Waals surface area contributed by atoms with E-state index in [4.69, 9.17) is 9.47 Å². The van der Waals surface area contributed by atoms with Gasteiger partial charge in [-0.05, 0) is 23.6 Å². The highest BCUT2D eigenvalue weighted by Crippen LogP contribution is 2.40. The van der Waals surface area contributed by atoms with Crippen LogP contribution in [0, 0.1) is 0 Å². The van der Waals surface area contributed by atoms with Gasteiger partial charge in [-0.25, -0.2) is 0 Å². The third-order valence-electron chi connectivity index (χ3n) is 3.49. The maximum Gasteiger partial charge on any atom is 0.172 e. The molecule has 17 heavy (non-hydrogen) atoms. The van der Waals surface area contributed by atoms with E-state index >= 15 is 0 Å². The summed E-state index contributed by atoms with van der Waals surface area (Å²) in [6, 6.07) is 1.25. The highest BCUT2D eigenvalue weighted by molar-refractivity contribution is 6.76. The van der Waals surface area contributed by atoms with Crippen molar-refractivity contribution in [3.8, 4) is 0 Å². The molecule has 0 radical (unpaired) electrons. The average molecular weight is 252 g/mol. The molecule has 1 aliphatic carbocycles. The number of hydrogen-bond acceptors (Lipinski definition) is 2. The molecule has 0 aromatic rings. The monoisotopic (exact) mass is 252 g/mol. The van der Waals surface area contributed by atoms with Crippen molar-refractivity contribution in [3.05, 3.63) is 23.8 Å². The largest absolute Gasteiger partial charge is 0.347 e. The van der Waals surface area contributed by atoms with E-state index in [1.165, 1.54) is 17.2 Å². The molecule has 0 bridgehead atoms. The van der Waals surface area contributed by atoms with Crippen LogP contribution in [0.2, 0.25) is 25.7 Å². The number of allylic oxidation sites excluding steroid dienone is 2. The molecule has 1 saturated carbocycles. The summed E-state index contributed by atoms with van der Waals surface area (Å²) in [5.41, 5.74) is 2.66. The van der Waals surface area contributed by atoms with Crippen LogP contribution in [0.15, 0.2) is 23.8 Å². The van der Waals surface area contributed by atoms with Crippen LogP contribution in [-0.2, 0) is 9.47 Å². The lowest BCUT2D eigenvalue weighted by atomic mass is 9.86. The number of ether oxygens (including phenoxy) is 2. The molecule has 1 aliphatic heterocycles. The van der Waals surface area contributed by atoms with Gasteiger partial charge in [-0.2, -0.15) is 0 Å². The van der Waals surface area contributed by atoms with Gasteiger partial charge >= 0.3 is 0 Å². The lowest BCUT2D eigenvalue weighted by molar-refractivity contribution is -0.163. The van der Waals surface area contributed by atoms with E-state index in [1.807, 2.05) is 0 Å². The Kier molecular flexibility index (Phi) is 3.62. The van der Waals surface area contributed by atoms with Gasteiger partial charge in [0.2, 0.25) is 0 Å². The van der Waals surface area contributed by atoms with Crippen molar-refractivity contribution in [2.75, 3.05) is 13.2 Å². The van der Waals surface area contributed by atoms with Crippen LogP contribution in [0.3, 0.4) is 0 Å². The van der Waals surface area contributed by atoms with Crippen LogP contribution in [0.25, 0.3) is 0 Å². The minimum atomic E-state index is -0.991. The summed E-state index contributed by atoms with van der Waals surface area (Å²) in [6.07, 6.45) is 5.31. The van der Waals surface area contributed by atoms with Crippen molar-refractivity contribution >= 4 is 8.07 Å². The zero-order valence-corrected chi connectivity index (χ0v) is 12.3. The molecule has 0 N–H and O–H groups in total. The molecule has 2 fully saturated rings. The SMILES string of the molecule is C=C1CC2(CC/C1=C/C[Si](C)(C)C)OCCO2. The van der Waals surface area contributed by atoms with Crippen molar-refractivity contribution in [3.63, 3.8) is 0 Å². The lowest BCUT2D eigenvalue weighted by Gasteiger charge is -2.34. The van der Waals surface area contributed by atoms with Crippen LogP contribution in [0.4, 0.5) is 0 Å². The second kappa shape index (κ2) is 4.71. The first kappa shape index (κ1) is 13.1. The molecule has 1 heterocycles. The third kappa shape index (κ3) is 3.30. The number of hydrogen-bond donors (Lipinski definition) is 0. The second-order valence-corrected chi connectivity index (χ2v) is 11.9. The normalized spacial score (nSPS) is 27.0. The molecule has 96 valence electrons. The maximum atomic E-state index is 5.74. The minimum Gasteiger partial charge on any atom is -0.347 e. The Bertz CT molecular complexity index is 333. The topological polar surface area (TPSA) is 18.5 Å². The van der Waals surface area contributed by atoms with Gasteiger partial charge in [-0.3, -0.25) is 0 Å². The van der Waals surface area contributed by atoms with Crippen molar-refractivity contribution < 1.29 is 9.47 Å². The zero-order chi connectivity index (χ0) is 12.5. The van der Waals surface area contributed by atoms with Gasteiger partial charge in [0.25, 0.3) is 0 Å². The van der Waals surface area contributed by atoms with E-state index in [0.29, 0.717) is 0 Å². The Balaban J connectivity index is 1.98. The first-order valence-corrected chi connectivity index (χ1v) is 10.3. The molecule has 0 aromatic carbocycles. The summed E-state index contributed by atoms with van der Waals surface area (Å²) in [7, 11) is -0.991. The fourth-order valence-corrected chi connectivity index (χ4v) is 3.31. The fourth-order valence-electron chi connectivity index (χ4n) is 2.45. The van der Waals surface area contributed by atoms with E-state index in [2.05, 4.69) is 32.3 Å². The molecule has 0 unspecified atom stereocenters. The van der Waals surface area contributed by atoms with Gasteiger partial charge in [0.1, 0.15) is 0 Å². The molecular formula is C14H24O2Si. The summed E-state index contributed by atoms with van der Waals surface area (Å²) in [5.74, 6) is -0.326. The van der Waals surface area contributed by atoms with E-state index in [-0.39, 0.29) is 5.79 Å². The summed E-state index contributed by atoms with van der Waals surface area (Å²) in [5, 5.41) is 0. The van der Waals surface area contributed by atoms with E-state index < -0.39 is 8.07 Å². The van der Waals surface area contributed by atoms with Gasteiger partial charge in [0.05, 0.1) is 13.2 Å². The van der Waals surface area contributed by atoms with Crippen LogP contribution in [-0.4, -0.2) is 27.1 Å². The van der Waals surface area contributed by atoms with E-state index in [1.54, 1.807) is 0 Å². The van der Waals surface area contributed by atoms with Crippen molar-refractivity contribution in [1.82, 2.24) is 0 Å². The smallest absolute Gasteiger partial charge is 0.172 e. The molecule has 3 heteroatoms. The first-order valence-electron chi connectivity index (χ1n) is 6.55.